The molecule has 0 amide bonds. The molecule has 0 unspecified atom stereocenters. The van der Waals surface area contributed by atoms with Crippen molar-refractivity contribution in [3.63, 3.8) is 0 Å². The second kappa shape index (κ2) is 4.77. The first kappa shape index (κ1) is 10.7. The van der Waals surface area contributed by atoms with Gasteiger partial charge in [-0.2, -0.15) is 0 Å². The van der Waals surface area contributed by atoms with Crippen LogP contribution < -0.4 is 5.73 Å². The zero-order valence-corrected chi connectivity index (χ0v) is 8.49. The van der Waals surface area contributed by atoms with Crippen LogP contribution in [0.4, 0.5) is 0 Å². The van der Waals surface area contributed by atoms with Crippen molar-refractivity contribution in [1.82, 2.24) is 0 Å². The van der Waals surface area contributed by atoms with Crippen molar-refractivity contribution < 1.29 is 9.53 Å². The summed E-state index contributed by atoms with van der Waals surface area (Å²) in [5.41, 5.74) is 7.01. The fraction of sp³-hybridized carbons (Fsp3) is 0.364. The number of nitrogens with two attached hydrogens (primary N) is 1. The highest BCUT2D eigenvalue weighted by Crippen LogP contribution is 2.06. The van der Waals surface area contributed by atoms with Gasteiger partial charge in [0.25, 0.3) is 0 Å². The maximum absolute atomic E-state index is 11.4. The lowest BCUT2D eigenvalue weighted by Crippen LogP contribution is -2.11. The number of esters is 1. The third kappa shape index (κ3) is 2.85. The van der Waals surface area contributed by atoms with E-state index in [1.165, 1.54) is 0 Å². The molecule has 0 saturated carbocycles. The zero-order chi connectivity index (χ0) is 10.6. The number of benzene rings is 1. The van der Waals surface area contributed by atoms with Crippen LogP contribution in [0.3, 0.4) is 0 Å². The summed E-state index contributed by atoms with van der Waals surface area (Å²) < 4.78 is 5.04. The molecule has 0 aliphatic carbocycles. The van der Waals surface area contributed by atoms with Gasteiger partial charge in [0, 0.05) is 6.54 Å². The summed E-state index contributed by atoms with van der Waals surface area (Å²) in [4.78, 5) is 11.4. The topological polar surface area (TPSA) is 52.3 Å². The molecule has 3 heteroatoms. The van der Waals surface area contributed by atoms with Gasteiger partial charge >= 0.3 is 5.97 Å². The molecule has 0 spiro atoms. The average molecular weight is 193 g/mol. The molecule has 1 rings (SSSR count). The molecular formula is C11H15NO2. The predicted molar refractivity (Wildman–Crippen MR) is 54.9 cm³/mol. The molecule has 0 radical (unpaired) electrons. The second-order valence-corrected chi connectivity index (χ2v) is 3.36. The Morgan fingerprint density at radius 2 is 1.93 bits per heavy atom. The van der Waals surface area contributed by atoms with Gasteiger partial charge in [0.1, 0.15) is 0 Å². The van der Waals surface area contributed by atoms with Crippen molar-refractivity contribution in [1.29, 1.82) is 0 Å². The van der Waals surface area contributed by atoms with Gasteiger partial charge in [-0.05, 0) is 31.5 Å². The molecule has 1 aromatic rings. The van der Waals surface area contributed by atoms with E-state index < -0.39 is 0 Å². The normalized spacial score (nSPS) is 10.3. The molecule has 0 fully saturated rings. The summed E-state index contributed by atoms with van der Waals surface area (Å²) in [6.07, 6.45) is -0.0864. The molecule has 0 saturated heterocycles. The standard InChI is InChI=1S/C11H15NO2/c1-8(2)14-11(13)10-5-3-9(7-12)4-6-10/h3-6,8H,7,12H2,1-2H3. The quantitative estimate of drug-likeness (QED) is 0.743. The number of ether oxygens (including phenoxy) is 1. The SMILES string of the molecule is CC(C)OC(=O)c1ccc(CN)cc1. The molecule has 1 aromatic carbocycles. The van der Waals surface area contributed by atoms with Gasteiger partial charge < -0.3 is 10.5 Å². The van der Waals surface area contributed by atoms with Crippen molar-refractivity contribution in [3.8, 4) is 0 Å². The first-order chi connectivity index (χ1) is 6.63. The van der Waals surface area contributed by atoms with E-state index in [1.807, 2.05) is 26.0 Å². The first-order valence-corrected chi connectivity index (χ1v) is 4.63. The van der Waals surface area contributed by atoms with E-state index in [0.717, 1.165) is 5.56 Å². The van der Waals surface area contributed by atoms with Crippen LogP contribution in [0, 0.1) is 0 Å². The molecule has 0 aliphatic rings. The third-order valence-corrected chi connectivity index (χ3v) is 1.77. The Labute approximate surface area is 83.9 Å². The molecule has 0 heterocycles. The van der Waals surface area contributed by atoms with Gasteiger partial charge in [-0.1, -0.05) is 12.1 Å². The summed E-state index contributed by atoms with van der Waals surface area (Å²) >= 11 is 0. The molecule has 0 aromatic heterocycles. The molecule has 3 nitrogen and oxygen atoms in total. The first-order valence-electron chi connectivity index (χ1n) is 4.63. The van der Waals surface area contributed by atoms with Crippen molar-refractivity contribution in [3.05, 3.63) is 35.4 Å². The Bertz CT molecular complexity index is 304. The lowest BCUT2D eigenvalue weighted by Gasteiger charge is -2.07. The lowest BCUT2D eigenvalue weighted by atomic mass is 10.1. The van der Waals surface area contributed by atoms with E-state index in [9.17, 15) is 4.79 Å². The smallest absolute Gasteiger partial charge is 0.338 e. The van der Waals surface area contributed by atoms with Gasteiger partial charge in [0.2, 0.25) is 0 Å². The number of carbonyl (C=O) groups is 1. The van der Waals surface area contributed by atoms with E-state index in [0.29, 0.717) is 12.1 Å². The van der Waals surface area contributed by atoms with Gasteiger partial charge in [-0.3, -0.25) is 0 Å². The molecule has 2 N–H and O–H groups in total. The third-order valence-electron chi connectivity index (χ3n) is 1.77. The monoisotopic (exact) mass is 193 g/mol. The van der Waals surface area contributed by atoms with Crippen molar-refractivity contribution >= 4 is 5.97 Å². The number of hydrogen-bond acceptors (Lipinski definition) is 3. The van der Waals surface area contributed by atoms with Crippen molar-refractivity contribution in [2.24, 2.45) is 5.73 Å². The van der Waals surface area contributed by atoms with Crippen LogP contribution in [-0.4, -0.2) is 12.1 Å². The molecule has 0 atom stereocenters. The largest absolute Gasteiger partial charge is 0.459 e. The zero-order valence-electron chi connectivity index (χ0n) is 8.49. The minimum atomic E-state index is -0.288. The Kier molecular flexibility index (Phi) is 3.65. The predicted octanol–water partition coefficient (Wildman–Crippen LogP) is 1.71. The van der Waals surface area contributed by atoms with Crippen molar-refractivity contribution in [2.75, 3.05) is 0 Å². The Morgan fingerprint density at radius 1 is 1.36 bits per heavy atom. The molecule has 0 aliphatic heterocycles. The lowest BCUT2D eigenvalue weighted by molar-refractivity contribution is 0.0378. The fourth-order valence-corrected chi connectivity index (χ4v) is 1.06. The van der Waals surface area contributed by atoms with Crippen LogP contribution >= 0.6 is 0 Å². The minimum Gasteiger partial charge on any atom is -0.459 e. The number of rotatable bonds is 3. The molecule has 14 heavy (non-hydrogen) atoms. The number of hydrogen-bond donors (Lipinski definition) is 1. The highest BCUT2D eigenvalue weighted by Gasteiger charge is 2.07. The van der Waals surface area contributed by atoms with Crippen LogP contribution in [0.1, 0.15) is 29.8 Å². The molecule has 76 valence electrons. The highest BCUT2D eigenvalue weighted by atomic mass is 16.5. The van der Waals surface area contributed by atoms with Crippen LogP contribution in [-0.2, 0) is 11.3 Å². The molecular weight excluding hydrogens is 178 g/mol. The van der Waals surface area contributed by atoms with E-state index >= 15 is 0 Å². The summed E-state index contributed by atoms with van der Waals surface area (Å²) in [5, 5.41) is 0. The maximum Gasteiger partial charge on any atom is 0.338 e. The fourth-order valence-electron chi connectivity index (χ4n) is 1.06. The van der Waals surface area contributed by atoms with Crippen LogP contribution in [0.5, 0.6) is 0 Å². The van der Waals surface area contributed by atoms with Crippen LogP contribution in [0.25, 0.3) is 0 Å². The summed E-state index contributed by atoms with van der Waals surface area (Å²) in [5.74, 6) is -0.288. The number of carbonyl (C=O) groups excluding carboxylic acids is 1. The molecule has 0 bridgehead atoms. The maximum atomic E-state index is 11.4. The van der Waals surface area contributed by atoms with Gasteiger partial charge in [-0.25, -0.2) is 4.79 Å². The van der Waals surface area contributed by atoms with Gasteiger partial charge in [0.15, 0.2) is 0 Å². The van der Waals surface area contributed by atoms with Crippen LogP contribution in [0.15, 0.2) is 24.3 Å². The van der Waals surface area contributed by atoms with E-state index in [4.69, 9.17) is 10.5 Å². The van der Waals surface area contributed by atoms with Crippen LogP contribution in [0.2, 0.25) is 0 Å². The van der Waals surface area contributed by atoms with Gasteiger partial charge in [-0.15, -0.1) is 0 Å². The summed E-state index contributed by atoms with van der Waals surface area (Å²) in [7, 11) is 0. The second-order valence-electron chi connectivity index (χ2n) is 3.36. The van der Waals surface area contributed by atoms with E-state index in [-0.39, 0.29) is 12.1 Å². The summed E-state index contributed by atoms with van der Waals surface area (Å²) in [6.45, 7) is 4.14. The highest BCUT2D eigenvalue weighted by molar-refractivity contribution is 5.89. The Hall–Kier alpha value is -1.35. The Balaban J connectivity index is 2.71. The minimum absolute atomic E-state index is 0.0864. The van der Waals surface area contributed by atoms with E-state index in [1.54, 1.807) is 12.1 Å². The average Bonchev–Trinajstić information content (AvgIpc) is 2.17. The summed E-state index contributed by atoms with van der Waals surface area (Å²) in [6, 6.07) is 7.12. The van der Waals surface area contributed by atoms with E-state index in [2.05, 4.69) is 0 Å². The van der Waals surface area contributed by atoms with Crippen molar-refractivity contribution in [2.45, 2.75) is 26.5 Å². The Morgan fingerprint density at radius 3 is 2.36 bits per heavy atom. The van der Waals surface area contributed by atoms with Gasteiger partial charge in [0.05, 0.1) is 11.7 Å².